The number of Topliss-reactive ketones (excluding diaryl/α,β-unsaturated/α-hetero) is 1. The predicted molar refractivity (Wildman–Crippen MR) is 89.8 cm³/mol. The van der Waals surface area contributed by atoms with E-state index in [0.29, 0.717) is 22.4 Å². The highest BCUT2D eigenvalue weighted by atomic mass is 32.1. The van der Waals surface area contributed by atoms with E-state index in [1.807, 2.05) is 19.9 Å². The van der Waals surface area contributed by atoms with E-state index in [0.717, 1.165) is 18.1 Å². The lowest BCUT2D eigenvalue weighted by molar-refractivity contribution is 0.0944. The Hall–Kier alpha value is -1.03. The zero-order valence-corrected chi connectivity index (χ0v) is 14.4. The summed E-state index contributed by atoms with van der Waals surface area (Å²) in [6, 6.07) is 1.96. The minimum absolute atomic E-state index is 0.00699. The van der Waals surface area contributed by atoms with Crippen molar-refractivity contribution in [2.45, 2.75) is 41.5 Å². The lowest BCUT2D eigenvalue weighted by Crippen LogP contribution is -2.30. The summed E-state index contributed by atoms with van der Waals surface area (Å²) >= 11 is 1.54. The van der Waals surface area contributed by atoms with E-state index in [2.05, 4.69) is 32.6 Å². The number of carbonyl (C=O) groups is 1. The molecule has 0 unspecified atom stereocenters. The monoisotopic (exact) mass is 296 g/mol. The molecular weight excluding hydrogens is 268 g/mol. The summed E-state index contributed by atoms with van der Waals surface area (Å²) in [4.78, 5) is 15.2. The van der Waals surface area contributed by atoms with Crippen molar-refractivity contribution in [3.05, 3.63) is 10.9 Å². The normalized spacial score (nSPS) is 11.7. The van der Waals surface area contributed by atoms with Crippen LogP contribution in [0.15, 0.2) is 6.07 Å². The Balaban J connectivity index is 3.03. The maximum atomic E-state index is 12.2. The highest BCUT2D eigenvalue weighted by molar-refractivity contribution is 7.18. The molecule has 1 rings (SSSR count). The van der Waals surface area contributed by atoms with Crippen LogP contribution in [0.1, 0.15) is 51.2 Å². The van der Waals surface area contributed by atoms with Crippen LogP contribution in [0, 0.1) is 17.8 Å². The number of rotatable bonds is 7. The molecule has 0 radical (unpaired) electrons. The largest absolute Gasteiger partial charge is 0.397 e. The lowest BCUT2D eigenvalue weighted by Gasteiger charge is -2.26. The summed E-state index contributed by atoms with van der Waals surface area (Å²) in [5, 5.41) is 1.12. The summed E-state index contributed by atoms with van der Waals surface area (Å²) in [6.45, 7) is 14.7. The van der Waals surface area contributed by atoms with Gasteiger partial charge in [-0.2, -0.15) is 0 Å². The van der Waals surface area contributed by atoms with Gasteiger partial charge in [-0.3, -0.25) is 4.79 Å². The van der Waals surface area contributed by atoms with E-state index < -0.39 is 0 Å². The molecule has 0 amide bonds. The van der Waals surface area contributed by atoms with Gasteiger partial charge in [0.25, 0.3) is 0 Å². The van der Waals surface area contributed by atoms with Crippen molar-refractivity contribution in [1.82, 2.24) is 0 Å². The van der Waals surface area contributed by atoms with Crippen molar-refractivity contribution in [2.75, 3.05) is 23.7 Å². The molecule has 114 valence electrons. The van der Waals surface area contributed by atoms with Gasteiger partial charge in [-0.15, -0.1) is 11.3 Å². The highest BCUT2D eigenvalue weighted by Gasteiger charge is 2.20. The number of hydrogen-bond acceptors (Lipinski definition) is 4. The standard InChI is InChI=1S/C16H28N2OS/c1-10(2)8-18(9-11(3)4)14-7-13(17)16(20-14)15(19)12(5)6/h7,10-12H,8-9,17H2,1-6H3. The molecule has 0 atom stereocenters. The number of nitrogen functional groups attached to an aromatic ring is 1. The van der Waals surface area contributed by atoms with Gasteiger partial charge in [0.1, 0.15) is 0 Å². The van der Waals surface area contributed by atoms with E-state index in [-0.39, 0.29) is 11.7 Å². The third-order valence-corrected chi connectivity index (χ3v) is 4.20. The maximum absolute atomic E-state index is 12.2. The second-order valence-electron chi connectivity index (χ2n) is 6.58. The van der Waals surface area contributed by atoms with Gasteiger partial charge in [-0.05, 0) is 17.9 Å². The molecule has 0 spiro atoms. The fraction of sp³-hybridized carbons (Fsp3) is 0.688. The van der Waals surface area contributed by atoms with E-state index in [4.69, 9.17) is 5.73 Å². The smallest absolute Gasteiger partial charge is 0.177 e. The molecule has 20 heavy (non-hydrogen) atoms. The number of nitrogens with zero attached hydrogens (tertiary/aromatic N) is 1. The van der Waals surface area contributed by atoms with Crippen molar-refractivity contribution in [2.24, 2.45) is 17.8 Å². The summed E-state index contributed by atoms with van der Waals surface area (Å²) in [6.07, 6.45) is 0. The predicted octanol–water partition coefficient (Wildman–Crippen LogP) is 4.29. The van der Waals surface area contributed by atoms with Crippen LogP contribution in [0.25, 0.3) is 0 Å². The highest BCUT2D eigenvalue weighted by Crippen LogP contribution is 2.34. The minimum atomic E-state index is -0.00699. The summed E-state index contributed by atoms with van der Waals surface area (Å²) in [5.74, 6) is 1.31. The van der Waals surface area contributed by atoms with Gasteiger partial charge < -0.3 is 10.6 Å². The molecule has 0 aromatic carbocycles. The Kier molecular flexibility index (Phi) is 6.06. The number of thiophene rings is 1. The Labute approximate surface area is 127 Å². The first-order chi connectivity index (χ1) is 9.22. The third kappa shape index (κ3) is 4.51. The van der Waals surface area contributed by atoms with Crippen LogP contribution in [0.4, 0.5) is 10.7 Å². The van der Waals surface area contributed by atoms with Gasteiger partial charge in [-0.25, -0.2) is 0 Å². The zero-order valence-electron chi connectivity index (χ0n) is 13.6. The van der Waals surface area contributed by atoms with E-state index in [1.54, 1.807) is 0 Å². The van der Waals surface area contributed by atoms with Gasteiger partial charge in [0, 0.05) is 19.0 Å². The Morgan fingerprint density at radius 2 is 1.65 bits per heavy atom. The molecular formula is C16H28N2OS. The van der Waals surface area contributed by atoms with Crippen LogP contribution in [0.2, 0.25) is 0 Å². The van der Waals surface area contributed by atoms with Crippen LogP contribution in [0.5, 0.6) is 0 Å². The molecule has 0 aliphatic heterocycles. The van der Waals surface area contributed by atoms with Crippen molar-refractivity contribution >= 4 is 27.8 Å². The van der Waals surface area contributed by atoms with Gasteiger partial charge in [0.15, 0.2) is 5.78 Å². The number of carbonyl (C=O) groups excluding carboxylic acids is 1. The minimum Gasteiger partial charge on any atom is -0.397 e. The first-order valence-corrected chi connectivity index (χ1v) is 8.22. The maximum Gasteiger partial charge on any atom is 0.177 e. The zero-order chi connectivity index (χ0) is 15.4. The van der Waals surface area contributed by atoms with Crippen molar-refractivity contribution in [1.29, 1.82) is 0 Å². The number of anilines is 2. The van der Waals surface area contributed by atoms with Crippen LogP contribution < -0.4 is 10.6 Å². The van der Waals surface area contributed by atoms with E-state index in [1.165, 1.54) is 11.3 Å². The average Bonchev–Trinajstić information content (AvgIpc) is 2.68. The quantitative estimate of drug-likeness (QED) is 0.764. The first kappa shape index (κ1) is 17.0. The SMILES string of the molecule is CC(C)CN(CC(C)C)c1cc(N)c(C(=O)C(C)C)s1. The molecule has 0 saturated heterocycles. The first-order valence-electron chi connectivity index (χ1n) is 7.40. The van der Waals surface area contributed by atoms with Crippen LogP contribution >= 0.6 is 11.3 Å². The Morgan fingerprint density at radius 1 is 1.15 bits per heavy atom. The molecule has 4 heteroatoms. The fourth-order valence-corrected chi connectivity index (χ4v) is 3.32. The summed E-state index contributed by atoms with van der Waals surface area (Å²) < 4.78 is 0. The molecule has 1 heterocycles. The van der Waals surface area contributed by atoms with Gasteiger partial charge >= 0.3 is 0 Å². The van der Waals surface area contributed by atoms with Crippen LogP contribution in [-0.4, -0.2) is 18.9 Å². The molecule has 0 saturated carbocycles. The van der Waals surface area contributed by atoms with Gasteiger partial charge in [0.05, 0.1) is 15.6 Å². The summed E-state index contributed by atoms with van der Waals surface area (Å²) in [5.41, 5.74) is 6.67. The molecule has 0 aliphatic carbocycles. The molecule has 0 fully saturated rings. The molecule has 2 N–H and O–H groups in total. The Bertz CT molecular complexity index is 439. The Morgan fingerprint density at radius 3 is 2.05 bits per heavy atom. The van der Waals surface area contributed by atoms with Crippen LogP contribution in [-0.2, 0) is 0 Å². The van der Waals surface area contributed by atoms with E-state index in [9.17, 15) is 4.79 Å². The van der Waals surface area contributed by atoms with E-state index >= 15 is 0 Å². The molecule has 1 aromatic rings. The molecule has 3 nitrogen and oxygen atoms in total. The van der Waals surface area contributed by atoms with Crippen LogP contribution in [0.3, 0.4) is 0 Å². The number of nitrogens with two attached hydrogens (primary N) is 1. The van der Waals surface area contributed by atoms with Gasteiger partial charge in [-0.1, -0.05) is 41.5 Å². The molecule has 0 aliphatic rings. The fourth-order valence-electron chi connectivity index (χ4n) is 2.14. The summed E-state index contributed by atoms with van der Waals surface area (Å²) in [7, 11) is 0. The van der Waals surface area contributed by atoms with Gasteiger partial charge in [0.2, 0.25) is 0 Å². The topological polar surface area (TPSA) is 46.3 Å². The third-order valence-electron chi connectivity index (χ3n) is 2.98. The second-order valence-corrected chi connectivity index (χ2v) is 7.61. The second kappa shape index (κ2) is 7.11. The lowest BCUT2D eigenvalue weighted by atomic mass is 10.1. The van der Waals surface area contributed by atoms with Crippen molar-refractivity contribution < 1.29 is 4.79 Å². The molecule has 1 aromatic heterocycles. The number of ketones is 1. The van der Waals surface area contributed by atoms with Crippen molar-refractivity contribution in [3.63, 3.8) is 0 Å². The molecule has 0 bridgehead atoms. The van der Waals surface area contributed by atoms with Crippen molar-refractivity contribution in [3.8, 4) is 0 Å². The number of hydrogen-bond donors (Lipinski definition) is 1. The average molecular weight is 296 g/mol.